The van der Waals surface area contributed by atoms with Crippen LogP contribution in [0.4, 0.5) is 0 Å². The number of ether oxygens (including phenoxy) is 1. The Balaban J connectivity index is 1.63. The molecule has 0 bridgehead atoms. The smallest absolute Gasteiger partial charge is 0.230 e. The summed E-state index contributed by atoms with van der Waals surface area (Å²) in [4.78, 5) is 17.1. The minimum absolute atomic E-state index is 0.00576. The van der Waals surface area contributed by atoms with E-state index in [4.69, 9.17) is 4.74 Å². The second kappa shape index (κ2) is 9.65. The third-order valence-electron chi connectivity index (χ3n) is 4.81. The monoisotopic (exact) mass is 409 g/mol. The Morgan fingerprint density at radius 2 is 1.83 bits per heavy atom. The lowest BCUT2D eigenvalue weighted by Crippen LogP contribution is -2.33. The Bertz CT molecular complexity index is 937. The molecule has 0 saturated carbocycles. The number of imidazole rings is 1. The molecule has 0 aliphatic carbocycles. The predicted octanol–water partition coefficient (Wildman–Crippen LogP) is 4.70. The zero-order chi connectivity index (χ0) is 20.8. The first-order valence-electron chi connectivity index (χ1n) is 9.63. The molecular formula is C23H27N3O2S. The first-order valence-corrected chi connectivity index (χ1v) is 10.6. The minimum atomic E-state index is -0.0461. The zero-order valence-electron chi connectivity index (χ0n) is 17.3. The highest BCUT2D eigenvalue weighted by atomic mass is 32.2. The van der Waals surface area contributed by atoms with Gasteiger partial charge in [-0.15, -0.1) is 0 Å². The van der Waals surface area contributed by atoms with Crippen LogP contribution in [-0.4, -0.2) is 28.3 Å². The van der Waals surface area contributed by atoms with Gasteiger partial charge in [0.25, 0.3) is 0 Å². The summed E-state index contributed by atoms with van der Waals surface area (Å²) in [5, 5.41) is 3.98. The van der Waals surface area contributed by atoms with E-state index in [0.29, 0.717) is 5.75 Å². The summed E-state index contributed by atoms with van der Waals surface area (Å²) in [6.07, 6.45) is 1.85. The minimum Gasteiger partial charge on any atom is -0.497 e. The van der Waals surface area contributed by atoms with Crippen LogP contribution in [0.2, 0.25) is 0 Å². The maximum absolute atomic E-state index is 12.6. The average Bonchev–Trinajstić information content (AvgIpc) is 3.11. The SMILES string of the molecule is COc1ccc(C(NC(=O)CSc2ncc(-c3ccccc3)n2C)C(C)C)cc1. The number of benzene rings is 2. The second-order valence-electron chi connectivity index (χ2n) is 7.20. The molecule has 1 atom stereocenters. The molecule has 152 valence electrons. The molecule has 1 aromatic heterocycles. The number of hydrogen-bond acceptors (Lipinski definition) is 4. The van der Waals surface area contributed by atoms with Gasteiger partial charge in [0.05, 0.1) is 30.8 Å². The Kier molecular flexibility index (Phi) is 6.99. The molecule has 0 aliphatic heterocycles. The number of nitrogens with zero attached hydrogens (tertiary/aromatic N) is 2. The largest absolute Gasteiger partial charge is 0.497 e. The third-order valence-corrected chi connectivity index (χ3v) is 5.85. The Morgan fingerprint density at radius 1 is 1.14 bits per heavy atom. The molecule has 2 aromatic carbocycles. The van der Waals surface area contributed by atoms with Gasteiger partial charge in [0.2, 0.25) is 5.91 Å². The molecule has 1 heterocycles. The van der Waals surface area contributed by atoms with E-state index in [-0.39, 0.29) is 17.9 Å². The fourth-order valence-electron chi connectivity index (χ4n) is 3.20. The molecule has 0 aliphatic rings. The Labute approximate surface area is 176 Å². The van der Waals surface area contributed by atoms with Gasteiger partial charge in [-0.1, -0.05) is 68.1 Å². The number of carbonyl (C=O) groups excluding carboxylic acids is 1. The molecule has 0 radical (unpaired) electrons. The van der Waals surface area contributed by atoms with Crippen molar-refractivity contribution in [1.82, 2.24) is 14.9 Å². The molecule has 3 rings (SSSR count). The molecule has 0 spiro atoms. The van der Waals surface area contributed by atoms with Crippen LogP contribution in [0.1, 0.15) is 25.5 Å². The number of methoxy groups -OCH3 is 1. The topological polar surface area (TPSA) is 56.1 Å². The van der Waals surface area contributed by atoms with Gasteiger partial charge in [-0.2, -0.15) is 0 Å². The van der Waals surface area contributed by atoms with Crippen LogP contribution >= 0.6 is 11.8 Å². The van der Waals surface area contributed by atoms with E-state index in [1.165, 1.54) is 11.8 Å². The van der Waals surface area contributed by atoms with E-state index in [2.05, 4.69) is 36.3 Å². The first-order chi connectivity index (χ1) is 14.0. The summed E-state index contributed by atoms with van der Waals surface area (Å²) in [5.74, 6) is 1.39. The van der Waals surface area contributed by atoms with Crippen LogP contribution in [0, 0.1) is 5.92 Å². The summed E-state index contributed by atoms with van der Waals surface area (Å²) >= 11 is 1.45. The average molecular weight is 410 g/mol. The number of nitrogens with one attached hydrogen (secondary N) is 1. The number of thioether (sulfide) groups is 1. The van der Waals surface area contributed by atoms with Crippen molar-refractivity contribution in [3.8, 4) is 17.0 Å². The number of aromatic nitrogens is 2. The van der Waals surface area contributed by atoms with E-state index in [1.807, 2.05) is 60.3 Å². The molecule has 0 fully saturated rings. The zero-order valence-corrected chi connectivity index (χ0v) is 18.1. The fourth-order valence-corrected chi connectivity index (χ4v) is 3.96. The summed E-state index contributed by atoms with van der Waals surface area (Å²) in [6.45, 7) is 4.21. The van der Waals surface area contributed by atoms with Crippen molar-refractivity contribution in [3.05, 3.63) is 66.4 Å². The van der Waals surface area contributed by atoms with Gasteiger partial charge in [0.15, 0.2) is 5.16 Å². The predicted molar refractivity (Wildman–Crippen MR) is 118 cm³/mol. The van der Waals surface area contributed by atoms with Crippen LogP contribution in [0.3, 0.4) is 0 Å². The maximum atomic E-state index is 12.6. The fraction of sp³-hybridized carbons (Fsp3) is 0.304. The van der Waals surface area contributed by atoms with Crippen LogP contribution in [-0.2, 0) is 11.8 Å². The first kappa shape index (κ1) is 21.0. The Morgan fingerprint density at radius 3 is 2.45 bits per heavy atom. The number of hydrogen-bond donors (Lipinski definition) is 1. The van der Waals surface area contributed by atoms with Crippen LogP contribution in [0.5, 0.6) is 5.75 Å². The van der Waals surface area contributed by atoms with Crippen molar-refractivity contribution in [3.63, 3.8) is 0 Å². The van der Waals surface area contributed by atoms with Gasteiger partial charge >= 0.3 is 0 Å². The molecular weight excluding hydrogens is 382 g/mol. The normalized spacial score (nSPS) is 12.0. The van der Waals surface area contributed by atoms with Gasteiger partial charge in [0, 0.05) is 7.05 Å². The van der Waals surface area contributed by atoms with Crippen molar-refractivity contribution < 1.29 is 9.53 Å². The number of rotatable bonds is 8. The molecule has 5 nitrogen and oxygen atoms in total. The molecule has 1 unspecified atom stereocenters. The van der Waals surface area contributed by atoms with E-state index >= 15 is 0 Å². The number of amides is 1. The summed E-state index contributed by atoms with van der Waals surface area (Å²) in [5.41, 5.74) is 3.22. The van der Waals surface area contributed by atoms with E-state index in [0.717, 1.165) is 27.7 Å². The van der Waals surface area contributed by atoms with Gasteiger partial charge in [-0.3, -0.25) is 4.79 Å². The lowest BCUT2D eigenvalue weighted by molar-refractivity contribution is -0.119. The summed E-state index contributed by atoms with van der Waals surface area (Å²) in [6, 6.07) is 17.9. The van der Waals surface area contributed by atoms with Crippen LogP contribution < -0.4 is 10.1 Å². The molecule has 6 heteroatoms. The van der Waals surface area contributed by atoms with Gasteiger partial charge in [-0.05, 0) is 29.2 Å². The molecule has 1 N–H and O–H groups in total. The van der Waals surface area contributed by atoms with Gasteiger partial charge in [-0.25, -0.2) is 4.98 Å². The van der Waals surface area contributed by atoms with Crippen molar-refractivity contribution in [2.75, 3.05) is 12.9 Å². The van der Waals surface area contributed by atoms with Gasteiger partial charge in [0.1, 0.15) is 5.75 Å². The summed E-state index contributed by atoms with van der Waals surface area (Å²) in [7, 11) is 3.62. The highest BCUT2D eigenvalue weighted by molar-refractivity contribution is 7.99. The lowest BCUT2D eigenvalue weighted by atomic mass is 9.96. The van der Waals surface area contributed by atoms with E-state index < -0.39 is 0 Å². The molecule has 1 amide bonds. The molecule has 3 aromatic rings. The van der Waals surface area contributed by atoms with E-state index in [1.54, 1.807) is 7.11 Å². The molecule has 29 heavy (non-hydrogen) atoms. The summed E-state index contributed by atoms with van der Waals surface area (Å²) < 4.78 is 7.25. The highest BCUT2D eigenvalue weighted by Crippen LogP contribution is 2.26. The van der Waals surface area contributed by atoms with Crippen molar-refractivity contribution in [2.45, 2.75) is 25.0 Å². The maximum Gasteiger partial charge on any atom is 0.230 e. The van der Waals surface area contributed by atoms with E-state index in [9.17, 15) is 4.79 Å². The van der Waals surface area contributed by atoms with Gasteiger partial charge < -0.3 is 14.6 Å². The molecule has 0 saturated heterocycles. The second-order valence-corrected chi connectivity index (χ2v) is 8.14. The highest BCUT2D eigenvalue weighted by Gasteiger charge is 2.19. The lowest BCUT2D eigenvalue weighted by Gasteiger charge is -2.23. The third kappa shape index (κ3) is 5.21. The number of carbonyl (C=O) groups is 1. The standard InChI is InChI=1S/C23H27N3O2S/c1-16(2)22(18-10-12-19(28-4)13-11-18)25-21(27)15-29-23-24-14-20(26(23)3)17-8-6-5-7-9-17/h5-14,16,22H,15H2,1-4H3,(H,25,27). The Hall–Kier alpha value is -2.73. The van der Waals surface area contributed by atoms with Crippen molar-refractivity contribution in [1.29, 1.82) is 0 Å². The van der Waals surface area contributed by atoms with Crippen LogP contribution in [0.15, 0.2) is 66.0 Å². The van der Waals surface area contributed by atoms with Crippen molar-refractivity contribution in [2.24, 2.45) is 13.0 Å². The van der Waals surface area contributed by atoms with Crippen LogP contribution in [0.25, 0.3) is 11.3 Å². The quantitative estimate of drug-likeness (QED) is 0.548. The van der Waals surface area contributed by atoms with Crippen molar-refractivity contribution >= 4 is 17.7 Å².